The third-order valence-electron chi connectivity index (χ3n) is 5.62. The number of piperazine rings is 1. The van der Waals surface area contributed by atoms with Crippen LogP contribution in [-0.4, -0.2) is 49.7 Å². The van der Waals surface area contributed by atoms with E-state index >= 15 is 0 Å². The van der Waals surface area contributed by atoms with Gasteiger partial charge in [-0.25, -0.2) is 8.42 Å². The summed E-state index contributed by atoms with van der Waals surface area (Å²) in [5.41, 5.74) is 2.71. The molecule has 1 saturated heterocycles. The first-order valence-corrected chi connectivity index (χ1v) is 12.0. The average Bonchev–Trinajstić information content (AvgIpc) is 3.32. The second-order valence-corrected chi connectivity index (χ2v) is 9.89. The number of hydrogen-bond donors (Lipinski definition) is 1. The number of benzene rings is 2. The van der Waals surface area contributed by atoms with Gasteiger partial charge in [0.1, 0.15) is 5.76 Å². The molecule has 1 aromatic heterocycles. The van der Waals surface area contributed by atoms with E-state index in [1.54, 1.807) is 28.8 Å². The van der Waals surface area contributed by atoms with Gasteiger partial charge in [-0.15, -0.1) is 0 Å². The van der Waals surface area contributed by atoms with Crippen LogP contribution in [0.5, 0.6) is 0 Å². The third-order valence-corrected chi connectivity index (χ3v) is 7.53. The Morgan fingerprint density at radius 1 is 0.969 bits per heavy atom. The molecular formula is C24H27N3O4S. The largest absolute Gasteiger partial charge is 0.467 e. The van der Waals surface area contributed by atoms with E-state index in [0.717, 1.165) is 11.1 Å². The molecular weight excluding hydrogens is 426 g/mol. The quantitative estimate of drug-likeness (QED) is 0.595. The zero-order valence-electron chi connectivity index (χ0n) is 18.0. The number of aryl methyl sites for hydroxylation is 1. The number of sulfonamides is 1. The first-order valence-electron chi connectivity index (χ1n) is 10.6. The second-order valence-electron chi connectivity index (χ2n) is 7.95. The molecule has 1 fully saturated rings. The first kappa shape index (κ1) is 22.3. The summed E-state index contributed by atoms with van der Waals surface area (Å²) in [5.74, 6) is 0.557. The summed E-state index contributed by atoms with van der Waals surface area (Å²) in [6.45, 7) is 5.26. The SMILES string of the molecule is Cc1ccc(S(=O)(=O)N2CCN(Cc3ccc(C(=O)NCc4ccco4)cc3)CC2)cc1. The highest BCUT2D eigenvalue weighted by Gasteiger charge is 2.28. The summed E-state index contributed by atoms with van der Waals surface area (Å²) in [5, 5.41) is 2.83. The topological polar surface area (TPSA) is 82.9 Å². The molecule has 1 amide bonds. The summed E-state index contributed by atoms with van der Waals surface area (Å²) >= 11 is 0. The van der Waals surface area contributed by atoms with E-state index in [1.165, 1.54) is 0 Å². The Morgan fingerprint density at radius 3 is 2.28 bits per heavy atom. The standard InChI is InChI=1S/C24H27N3O4S/c1-19-4-10-23(11-5-19)32(29,30)27-14-12-26(13-15-27)18-20-6-8-21(9-7-20)24(28)25-17-22-3-2-16-31-22/h2-11,16H,12-15,17-18H2,1H3,(H,25,28). The van der Waals surface area contributed by atoms with Crippen LogP contribution in [0.15, 0.2) is 76.2 Å². The maximum absolute atomic E-state index is 12.9. The molecule has 0 bridgehead atoms. The summed E-state index contributed by atoms with van der Waals surface area (Å²) in [6, 6.07) is 18.1. The zero-order chi connectivity index (χ0) is 22.6. The normalized spacial score (nSPS) is 15.5. The van der Waals surface area contributed by atoms with E-state index in [1.807, 2.05) is 49.4 Å². The second kappa shape index (κ2) is 9.68. The summed E-state index contributed by atoms with van der Waals surface area (Å²) < 4.78 is 32.5. The molecule has 1 N–H and O–H groups in total. The van der Waals surface area contributed by atoms with Crippen molar-refractivity contribution in [2.45, 2.75) is 24.9 Å². The van der Waals surface area contributed by atoms with Crippen molar-refractivity contribution in [2.24, 2.45) is 0 Å². The number of rotatable bonds is 7. The maximum Gasteiger partial charge on any atom is 0.251 e. The number of hydrogen-bond acceptors (Lipinski definition) is 5. The minimum atomic E-state index is -3.46. The lowest BCUT2D eigenvalue weighted by Gasteiger charge is -2.34. The lowest BCUT2D eigenvalue weighted by Crippen LogP contribution is -2.48. The fourth-order valence-electron chi connectivity index (χ4n) is 3.69. The van der Waals surface area contributed by atoms with E-state index in [-0.39, 0.29) is 5.91 Å². The van der Waals surface area contributed by atoms with Crippen LogP contribution >= 0.6 is 0 Å². The van der Waals surface area contributed by atoms with Gasteiger partial charge < -0.3 is 9.73 Å². The van der Waals surface area contributed by atoms with Crippen molar-refractivity contribution in [3.8, 4) is 0 Å². The Hall–Kier alpha value is -2.94. The van der Waals surface area contributed by atoms with Gasteiger partial charge in [-0.3, -0.25) is 9.69 Å². The fraction of sp³-hybridized carbons (Fsp3) is 0.292. The van der Waals surface area contributed by atoms with E-state index in [2.05, 4.69) is 10.2 Å². The lowest BCUT2D eigenvalue weighted by atomic mass is 10.1. The molecule has 0 unspecified atom stereocenters. The van der Waals surface area contributed by atoms with Crippen LogP contribution in [-0.2, 0) is 23.1 Å². The van der Waals surface area contributed by atoms with Crippen LogP contribution in [0.1, 0.15) is 27.2 Å². The first-order chi connectivity index (χ1) is 15.4. The molecule has 8 heteroatoms. The Bertz CT molecular complexity index is 1130. The molecule has 2 heterocycles. The molecule has 168 valence electrons. The minimum Gasteiger partial charge on any atom is -0.467 e. The van der Waals surface area contributed by atoms with Gasteiger partial charge in [0.15, 0.2) is 0 Å². The number of furan rings is 1. The molecule has 1 aliphatic rings. The Labute approximate surface area is 188 Å². The van der Waals surface area contributed by atoms with Gasteiger partial charge in [0.25, 0.3) is 5.91 Å². The highest BCUT2D eigenvalue weighted by atomic mass is 32.2. The van der Waals surface area contributed by atoms with Crippen molar-refractivity contribution in [3.05, 3.63) is 89.4 Å². The third kappa shape index (κ3) is 5.27. The average molecular weight is 454 g/mol. The predicted octanol–water partition coefficient (Wildman–Crippen LogP) is 3.02. The van der Waals surface area contributed by atoms with E-state index < -0.39 is 10.0 Å². The van der Waals surface area contributed by atoms with Crippen molar-refractivity contribution in [1.82, 2.24) is 14.5 Å². The monoisotopic (exact) mass is 453 g/mol. The van der Waals surface area contributed by atoms with Gasteiger partial charge in [-0.1, -0.05) is 29.8 Å². The number of amides is 1. The molecule has 7 nitrogen and oxygen atoms in total. The molecule has 32 heavy (non-hydrogen) atoms. The molecule has 0 spiro atoms. The lowest BCUT2D eigenvalue weighted by molar-refractivity contribution is 0.0948. The molecule has 0 radical (unpaired) electrons. The Morgan fingerprint density at radius 2 is 1.66 bits per heavy atom. The van der Waals surface area contributed by atoms with Gasteiger partial charge >= 0.3 is 0 Å². The van der Waals surface area contributed by atoms with Crippen molar-refractivity contribution >= 4 is 15.9 Å². The number of nitrogens with zero attached hydrogens (tertiary/aromatic N) is 2. The molecule has 3 aromatic rings. The predicted molar refractivity (Wildman–Crippen MR) is 122 cm³/mol. The van der Waals surface area contributed by atoms with Crippen LogP contribution in [0, 0.1) is 6.92 Å². The van der Waals surface area contributed by atoms with Crippen LogP contribution in [0.3, 0.4) is 0 Å². The van der Waals surface area contributed by atoms with E-state index in [9.17, 15) is 13.2 Å². The number of carbonyl (C=O) groups is 1. The van der Waals surface area contributed by atoms with Crippen LogP contribution in [0.25, 0.3) is 0 Å². The summed E-state index contributed by atoms with van der Waals surface area (Å²) in [7, 11) is -3.46. The number of carbonyl (C=O) groups excluding carboxylic acids is 1. The van der Waals surface area contributed by atoms with Crippen LogP contribution in [0.2, 0.25) is 0 Å². The molecule has 1 aliphatic heterocycles. The Balaban J connectivity index is 1.28. The van der Waals surface area contributed by atoms with Gasteiger partial charge in [-0.2, -0.15) is 4.31 Å². The fourth-order valence-corrected chi connectivity index (χ4v) is 5.11. The van der Waals surface area contributed by atoms with Crippen molar-refractivity contribution in [3.63, 3.8) is 0 Å². The molecule has 0 atom stereocenters. The van der Waals surface area contributed by atoms with E-state index in [4.69, 9.17) is 4.42 Å². The van der Waals surface area contributed by atoms with Crippen molar-refractivity contribution < 1.29 is 17.6 Å². The molecule has 2 aromatic carbocycles. The highest BCUT2D eigenvalue weighted by molar-refractivity contribution is 7.89. The maximum atomic E-state index is 12.9. The van der Waals surface area contributed by atoms with Gasteiger partial charge in [0.05, 0.1) is 17.7 Å². The molecule has 4 rings (SSSR count). The van der Waals surface area contributed by atoms with E-state index in [0.29, 0.717) is 55.5 Å². The van der Waals surface area contributed by atoms with Gasteiger partial charge in [-0.05, 0) is 48.9 Å². The highest BCUT2D eigenvalue weighted by Crippen LogP contribution is 2.19. The smallest absolute Gasteiger partial charge is 0.251 e. The number of nitrogens with one attached hydrogen (secondary N) is 1. The Kier molecular flexibility index (Phi) is 6.74. The van der Waals surface area contributed by atoms with Gasteiger partial charge in [0.2, 0.25) is 10.0 Å². The van der Waals surface area contributed by atoms with Crippen LogP contribution < -0.4 is 5.32 Å². The van der Waals surface area contributed by atoms with Gasteiger partial charge in [0, 0.05) is 38.3 Å². The molecule has 0 saturated carbocycles. The summed E-state index contributed by atoms with van der Waals surface area (Å²) in [6.07, 6.45) is 1.58. The molecule has 0 aliphatic carbocycles. The minimum absolute atomic E-state index is 0.150. The summed E-state index contributed by atoms with van der Waals surface area (Å²) in [4.78, 5) is 14.9. The van der Waals surface area contributed by atoms with Crippen LogP contribution in [0.4, 0.5) is 0 Å². The van der Waals surface area contributed by atoms with Crippen molar-refractivity contribution in [1.29, 1.82) is 0 Å². The van der Waals surface area contributed by atoms with Crippen molar-refractivity contribution in [2.75, 3.05) is 26.2 Å². The zero-order valence-corrected chi connectivity index (χ0v) is 18.8.